The number of nitrogens with zero attached hydrogens (tertiary/aromatic N) is 2. The molecule has 0 unspecified atom stereocenters. The van der Waals surface area contributed by atoms with Gasteiger partial charge in [0.2, 0.25) is 0 Å². The Labute approximate surface area is 159 Å². The highest BCUT2D eigenvalue weighted by atomic mass is 16.2. The molecule has 1 N–H and O–H groups in total. The maximum absolute atomic E-state index is 12.6. The lowest BCUT2D eigenvalue weighted by molar-refractivity contribution is 0.0956. The van der Waals surface area contributed by atoms with E-state index in [2.05, 4.69) is 39.7 Å². The first-order valence-corrected chi connectivity index (χ1v) is 9.39. The molecule has 136 valence electrons. The fourth-order valence-corrected chi connectivity index (χ4v) is 3.54. The van der Waals surface area contributed by atoms with Gasteiger partial charge in [0.25, 0.3) is 5.91 Å². The van der Waals surface area contributed by atoms with Gasteiger partial charge in [-0.1, -0.05) is 66.7 Å². The van der Waals surface area contributed by atoms with Crippen LogP contribution in [0.25, 0.3) is 10.8 Å². The molecular formula is C23H23N3O. The van der Waals surface area contributed by atoms with E-state index >= 15 is 0 Å². The fourth-order valence-electron chi connectivity index (χ4n) is 3.54. The molecule has 0 aliphatic carbocycles. The highest BCUT2D eigenvalue weighted by molar-refractivity contribution is 6.07. The van der Waals surface area contributed by atoms with E-state index in [9.17, 15) is 4.79 Å². The van der Waals surface area contributed by atoms with Gasteiger partial charge in [-0.3, -0.25) is 9.69 Å². The zero-order valence-corrected chi connectivity index (χ0v) is 15.3. The van der Waals surface area contributed by atoms with Crippen molar-refractivity contribution in [3.05, 3.63) is 83.9 Å². The summed E-state index contributed by atoms with van der Waals surface area (Å²) in [6, 6.07) is 24.2. The smallest absolute Gasteiger partial charge is 0.271 e. The normalized spacial score (nSPS) is 14.9. The van der Waals surface area contributed by atoms with Crippen molar-refractivity contribution in [2.75, 3.05) is 13.1 Å². The van der Waals surface area contributed by atoms with Crippen molar-refractivity contribution in [2.45, 2.75) is 19.4 Å². The lowest BCUT2D eigenvalue weighted by Crippen LogP contribution is -2.34. The molecule has 0 radical (unpaired) electrons. The number of benzene rings is 3. The van der Waals surface area contributed by atoms with Crippen molar-refractivity contribution in [3.63, 3.8) is 0 Å². The monoisotopic (exact) mass is 357 g/mol. The summed E-state index contributed by atoms with van der Waals surface area (Å²) in [7, 11) is 0. The topological polar surface area (TPSA) is 44.7 Å². The van der Waals surface area contributed by atoms with Gasteiger partial charge in [0, 0.05) is 43.8 Å². The first-order valence-electron chi connectivity index (χ1n) is 9.39. The molecule has 3 aromatic rings. The van der Waals surface area contributed by atoms with Crippen LogP contribution in [-0.2, 0) is 6.54 Å². The lowest BCUT2D eigenvalue weighted by Gasteiger charge is -2.27. The highest BCUT2D eigenvalue weighted by Gasteiger charge is 2.16. The third-order valence-electron chi connectivity index (χ3n) is 5.03. The van der Waals surface area contributed by atoms with Crippen LogP contribution < -0.4 is 5.43 Å². The molecule has 0 atom stereocenters. The predicted octanol–water partition coefficient (Wildman–Crippen LogP) is 4.22. The van der Waals surface area contributed by atoms with Crippen LogP contribution in [0, 0.1) is 0 Å². The third kappa shape index (κ3) is 4.23. The van der Waals surface area contributed by atoms with E-state index in [0.717, 1.165) is 49.0 Å². The number of fused-ring (bicyclic) bond motifs is 1. The second kappa shape index (κ2) is 8.14. The Kier molecular flexibility index (Phi) is 5.26. The SMILES string of the molecule is O=C(NN=C1CCN(Cc2ccccc2)CC1)c1cccc2ccccc12. The molecule has 4 rings (SSSR count). The van der Waals surface area contributed by atoms with E-state index in [-0.39, 0.29) is 5.91 Å². The van der Waals surface area contributed by atoms with E-state index in [1.807, 2.05) is 48.5 Å². The van der Waals surface area contributed by atoms with Crippen LogP contribution in [0.3, 0.4) is 0 Å². The van der Waals surface area contributed by atoms with Crippen molar-refractivity contribution in [3.8, 4) is 0 Å². The number of nitrogens with one attached hydrogen (secondary N) is 1. The zero-order valence-electron chi connectivity index (χ0n) is 15.3. The fraction of sp³-hybridized carbons (Fsp3) is 0.217. The summed E-state index contributed by atoms with van der Waals surface area (Å²) < 4.78 is 0. The quantitative estimate of drug-likeness (QED) is 0.711. The molecular weight excluding hydrogens is 334 g/mol. The van der Waals surface area contributed by atoms with E-state index in [0.29, 0.717) is 5.56 Å². The number of carbonyl (C=O) groups excluding carboxylic acids is 1. The van der Waals surface area contributed by atoms with Crippen LogP contribution in [0.2, 0.25) is 0 Å². The van der Waals surface area contributed by atoms with Crippen LogP contribution >= 0.6 is 0 Å². The van der Waals surface area contributed by atoms with Gasteiger partial charge in [-0.15, -0.1) is 0 Å². The van der Waals surface area contributed by atoms with Gasteiger partial charge in [0.1, 0.15) is 0 Å². The van der Waals surface area contributed by atoms with Crippen LogP contribution in [0.5, 0.6) is 0 Å². The highest BCUT2D eigenvalue weighted by Crippen LogP contribution is 2.18. The van der Waals surface area contributed by atoms with Crippen LogP contribution in [-0.4, -0.2) is 29.6 Å². The summed E-state index contributed by atoms with van der Waals surface area (Å²) in [5.41, 5.74) is 5.82. The average Bonchev–Trinajstić information content (AvgIpc) is 2.73. The Balaban J connectivity index is 1.36. The van der Waals surface area contributed by atoms with Crippen molar-refractivity contribution >= 4 is 22.4 Å². The number of piperidine rings is 1. The summed E-state index contributed by atoms with van der Waals surface area (Å²) in [6.07, 6.45) is 1.78. The molecule has 3 aromatic carbocycles. The molecule has 0 saturated carbocycles. The molecule has 0 bridgehead atoms. The molecule has 4 nitrogen and oxygen atoms in total. The Bertz CT molecular complexity index is 950. The van der Waals surface area contributed by atoms with E-state index in [4.69, 9.17) is 0 Å². The maximum atomic E-state index is 12.6. The Hall–Kier alpha value is -2.98. The minimum Gasteiger partial charge on any atom is -0.298 e. The number of rotatable bonds is 4. The molecule has 4 heteroatoms. The molecule has 1 aliphatic rings. The number of likely N-dealkylation sites (tertiary alicyclic amines) is 1. The van der Waals surface area contributed by atoms with Crippen molar-refractivity contribution < 1.29 is 4.79 Å². The third-order valence-corrected chi connectivity index (χ3v) is 5.03. The standard InChI is InChI=1S/C23H23N3O/c27-23(22-12-6-10-19-9-4-5-11-21(19)22)25-24-20-13-15-26(16-14-20)17-18-7-2-1-3-8-18/h1-12H,13-17H2,(H,25,27). The van der Waals surface area contributed by atoms with Crippen LogP contribution in [0.1, 0.15) is 28.8 Å². The lowest BCUT2D eigenvalue weighted by atomic mass is 10.0. The molecule has 1 heterocycles. The number of hydrogen-bond donors (Lipinski definition) is 1. The Morgan fingerprint density at radius 2 is 1.59 bits per heavy atom. The molecule has 1 amide bonds. The maximum Gasteiger partial charge on any atom is 0.271 e. The minimum absolute atomic E-state index is 0.147. The average molecular weight is 357 g/mol. The summed E-state index contributed by atoms with van der Waals surface area (Å²) in [4.78, 5) is 15.0. The first-order chi connectivity index (χ1) is 13.3. The molecule has 0 aromatic heterocycles. The van der Waals surface area contributed by atoms with Crippen molar-refractivity contribution in [1.82, 2.24) is 10.3 Å². The largest absolute Gasteiger partial charge is 0.298 e. The van der Waals surface area contributed by atoms with Crippen molar-refractivity contribution in [1.29, 1.82) is 0 Å². The summed E-state index contributed by atoms with van der Waals surface area (Å²) in [6.45, 7) is 2.91. The number of carbonyl (C=O) groups is 1. The Morgan fingerprint density at radius 1 is 0.889 bits per heavy atom. The minimum atomic E-state index is -0.147. The predicted molar refractivity (Wildman–Crippen MR) is 110 cm³/mol. The van der Waals surface area contributed by atoms with Gasteiger partial charge in [-0.05, 0) is 22.4 Å². The molecule has 1 saturated heterocycles. The molecule has 1 aliphatic heterocycles. The number of amides is 1. The Morgan fingerprint density at radius 3 is 2.41 bits per heavy atom. The summed E-state index contributed by atoms with van der Waals surface area (Å²) in [5.74, 6) is -0.147. The van der Waals surface area contributed by atoms with E-state index in [1.165, 1.54) is 5.56 Å². The summed E-state index contributed by atoms with van der Waals surface area (Å²) >= 11 is 0. The van der Waals surface area contributed by atoms with E-state index < -0.39 is 0 Å². The van der Waals surface area contributed by atoms with E-state index in [1.54, 1.807) is 0 Å². The van der Waals surface area contributed by atoms with Gasteiger partial charge >= 0.3 is 0 Å². The van der Waals surface area contributed by atoms with Crippen molar-refractivity contribution in [2.24, 2.45) is 5.10 Å². The molecule has 1 fully saturated rings. The van der Waals surface area contributed by atoms with Crippen LogP contribution in [0.15, 0.2) is 77.9 Å². The van der Waals surface area contributed by atoms with Gasteiger partial charge in [-0.25, -0.2) is 5.43 Å². The van der Waals surface area contributed by atoms with Gasteiger partial charge in [0.15, 0.2) is 0 Å². The summed E-state index contributed by atoms with van der Waals surface area (Å²) in [5, 5.41) is 6.41. The number of hydrogen-bond acceptors (Lipinski definition) is 3. The molecule has 27 heavy (non-hydrogen) atoms. The second-order valence-electron chi connectivity index (χ2n) is 6.91. The van der Waals surface area contributed by atoms with Gasteiger partial charge in [-0.2, -0.15) is 5.10 Å². The number of hydrazone groups is 1. The van der Waals surface area contributed by atoms with Crippen LogP contribution in [0.4, 0.5) is 0 Å². The second-order valence-corrected chi connectivity index (χ2v) is 6.91. The molecule has 0 spiro atoms. The zero-order chi connectivity index (χ0) is 18.5. The first kappa shape index (κ1) is 17.4. The van der Waals surface area contributed by atoms with Gasteiger partial charge in [0.05, 0.1) is 0 Å². The van der Waals surface area contributed by atoms with Gasteiger partial charge < -0.3 is 0 Å².